The Morgan fingerprint density at radius 1 is 1.40 bits per heavy atom. The first-order valence-corrected chi connectivity index (χ1v) is 7.74. The van der Waals surface area contributed by atoms with Gasteiger partial charge in [-0.15, -0.1) is 0 Å². The molecule has 1 aromatic rings. The van der Waals surface area contributed by atoms with Crippen LogP contribution in [0.3, 0.4) is 0 Å². The van der Waals surface area contributed by atoms with E-state index in [1.54, 1.807) is 13.8 Å². The Balaban J connectivity index is 1.95. The molecule has 1 atom stereocenters. The monoisotopic (exact) mass is 368 g/mol. The van der Waals surface area contributed by atoms with Crippen molar-refractivity contribution in [3.63, 3.8) is 0 Å². The quantitative estimate of drug-likeness (QED) is 0.401. The molecule has 1 aliphatic rings. The summed E-state index contributed by atoms with van der Waals surface area (Å²) in [5.41, 5.74) is 6.71. The van der Waals surface area contributed by atoms with Crippen molar-refractivity contribution in [1.29, 1.82) is 0 Å². The Morgan fingerprint density at radius 2 is 2.08 bits per heavy atom. The molecule has 0 aliphatic carbocycles. The molecule has 10 heteroatoms. The minimum atomic E-state index is -1.09. The highest BCUT2D eigenvalue weighted by molar-refractivity contribution is 6.33. The lowest BCUT2D eigenvalue weighted by atomic mass is 10.00. The fourth-order valence-electron chi connectivity index (χ4n) is 2.11. The number of nitrogens with zero attached hydrogens (tertiary/aromatic N) is 1. The van der Waals surface area contributed by atoms with Gasteiger partial charge in [0.2, 0.25) is 0 Å². The maximum atomic E-state index is 12.1. The van der Waals surface area contributed by atoms with Crippen molar-refractivity contribution in [2.24, 2.45) is 0 Å². The molecule has 134 valence electrons. The Morgan fingerprint density at radius 3 is 2.68 bits per heavy atom. The molecule has 1 fully saturated rings. The number of benzene rings is 1. The fourth-order valence-corrected chi connectivity index (χ4v) is 2.28. The summed E-state index contributed by atoms with van der Waals surface area (Å²) in [7, 11) is 0. The molecule has 0 saturated carbocycles. The van der Waals surface area contributed by atoms with E-state index in [9.17, 15) is 19.2 Å². The van der Waals surface area contributed by atoms with Gasteiger partial charge >= 0.3 is 12.0 Å². The largest absolute Gasteiger partial charge is 0.452 e. The number of para-hydroxylation sites is 1. The molecule has 0 spiro atoms. The summed E-state index contributed by atoms with van der Waals surface area (Å²) in [6.45, 7) is 2.56. The first kappa shape index (κ1) is 18.5. The molecule has 1 aliphatic heterocycles. The summed E-state index contributed by atoms with van der Waals surface area (Å²) in [6.07, 6.45) is 0.354. The van der Waals surface area contributed by atoms with Crippen LogP contribution in [0.5, 0.6) is 0 Å². The molecule has 4 amide bonds. The number of hydrazine groups is 1. The molecule has 25 heavy (non-hydrogen) atoms. The van der Waals surface area contributed by atoms with Crippen LogP contribution in [-0.4, -0.2) is 41.0 Å². The zero-order chi connectivity index (χ0) is 18.8. The van der Waals surface area contributed by atoms with Crippen LogP contribution in [0.2, 0.25) is 5.02 Å². The van der Waals surface area contributed by atoms with Crippen LogP contribution in [0, 0.1) is 0 Å². The number of carbonyl (C=O) groups excluding carboxylic acids is 4. The summed E-state index contributed by atoms with van der Waals surface area (Å²) in [6, 6.07) is 3.65. The highest BCUT2D eigenvalue weighted by Gasteiger charge is 2.47. The topological polar surface area (TPSA) is 131 Å². The third-order valence-corrected chi connectivity index (χ3v) is 4.14. The lowest BCUT2D eigenvalue weighted by Crippen LogP contribution is -2.49. The van der Waals surface area contributed by atoms with Gasteiger partial charge in [0, 0.05) is 0 Å². The minimum absolute atomic E-state index is 0.00819. The average molecular weight is 369 g/mol. The minimum Gasteiger partial charge on any atom is -0.452 e. The predicted octanol–water partition coefficient (Wildman–Crippen LogP) is 0.831. The number of esters is 1. The van der Waals surface area contributed by atoms with Crippen LogP contribution in [0.25, 0.3) is 0 Å². The molecule has 1 unspecified atom stereocenters. The SMILES string of the molecule is CCC1(C)NC(=O)N(NC(=O)COC(=O)c2cccc(Cl)c2N)C1=O. The maximum absolute atomic E-state index is 12.1. The third-order valence-electron chi connectivity index (χ3n) is 3.81. The van der Waals surface area contributed by atoms with Gasteiger partial charge in [-0.1, -0.05) is 24.6 Å². The first-order valence-electron chi connectivity index (χ1n) is 7.37. The van der Waals surface area contributed by atoms with Gasteiger partial charge < -0.3 is 15.8 Å². The second kappa shape index (κ2) is 6.98. The number of urea groups is 1. The van der Waals surface area contributed by atoms with Gasteiger partial charge in [-0.05, 0) is 25.5 Å². The number of halogens is 1. The van der Waals surface area contributed by atoms with Crippen molar-refractivity contribution >= 4 is 41.1 Å². The molecule has 9 nitrogen and oxygen atoms in total. The smallest absolute Gasteiger partial charge is 0.344 e. The van der Waals surface area contributed by atoms with E-state index < -0.39 is 36.0 Å². The van der Waals surface area contributed by atoms with E-state index in [-0.39, 0.29) is 16.3 Å². The molecule has 0 radical (unpaired) electrons. The van der Waals surface area contributed by atoms with Gasteiger partial charge in [-0.2, -0.15) is 5.01 Å². The van der Waals surface area contributed by atoms with Crippen LogP contribution in [0.15, 0.2) is 18.2 Å². The first-order chi connectivity index (χ1) is 11.7. The summed E-state index contributed by atoms with van der Waals surface area (Å²) >= 11 is 5.81. The zero-order valence-electron chi connectivity index (χ0n) is 13.6. The average Bonchev–Trinajstić information content (AvgIpc) is 2.79. The van der Waals surface area contributed by atoms with Crippen LogP contribution < -0.4 is 16.5 Å². The molecular formula is C15H17ClN4O5. The Hall–Kier alpha value is -2.81. The number of nitrogens with two attached hydrogens (primary N) is 1. The number of imide groups is 1. The van der Waals surface area contributed by atoms with Crippen molar-refractivity contribution in [3.05, 3.63) is 28.8 Å². The van der Waals surface area contributed by atoms with E-state index in [0.717, 1.165) is 0 Å². The molecule has 4 N–H and O–H groups in total. The van der Waals surface area contributed by atoms with E-state index in [1.165, 1.54) is 18.2 Å². The Labute approximate surface area is 148 Å². The predicted molar refractivity (Wildman–Crippen MR) is 88.4 cm³/mol. The van der Waals surface area contributed by atoms with Crippen LogP contribution >= 0.6 is 11.6 Å². The fraction of sp³-hybridized carbons (Fsp3) is 0.333. The van der Waals surface area contributed by atoms with Gasteiger partial charge in [0.1, 0.15) is 5.54 Å². The van der Waals surface area contributed by atoms with E-state index >= 15 is 0 Å². The van der Waals surface area contributed by atoms with Crippen LogP contribution in [0.4, 0.5) is 10.5 Å². The summed E-state index contributed by atoms with van der Waals surface area (Å²) in [5.74, 6) is -2.30. The molecule has 1 aromatic carbocycles. The summed E-state index contributed by atoms with van der Waals surface area (Å²) < 4.78 is 4.83. The lowest BCUT2D eigenvalue weighted by Gasteiger charge is -2.19. The van der Waals surface area contributed by atoms with Crippen LogP contribution in [0.1, 0.15) is 30.6 Å². The van der Waals surface area contributed by atoms with Crippen molar-refractivity contribution in [2.75, 3.05) is 12.3 Å². The number of anilines is 1. The van der Waals surface area contributed by atoms with Gasteiger partial charge in [0.05, 0.1) is 16.3 Å². The number of hydrogen-bond donors (Lipinski definition) is 3. The van der Waals surface area contributed by atoms with E-state index in [0.29, 0.717) is 11.4 Å². The summed E-state index contributed by atoms with van der Waals surface area (Å²) in [4.78, 5) is 47.7. The van der Waals surface area contributed by atoms with Gasteiger partial charge in [-0.3, -0.25) is 15.0 Å². The van der Waals surface area contributed by atoms with Crippen molar-refractivity contribution in [1.82, 2.24) is 15.8 Å². The van der Waals surface area contributed by atoms with E-state index in [2.05, 4.69) is 10.7 Å². The second-order valence-corrected chi connectivity index (χ2v) is 5.98. The van der Waals surface area contributed by atoms with Gasteiger partial charge in [0.15, 0.2) is 6.61 Å². The number of carbonyl (C=O) groups is 4. The standard InChI is InChI=1S/C15H17ClN4O5/c1-3-15(2)13(23)20(14(24)18-15)19-10(21)7-25-12(22)8-5-4-6-9(16)11(8)17/h4-6H,3,7,17H2,1-2H3,(H,18,24)(H,19,21). The number of nitrogens with one attached hydrogen (secondary N) is 2. The Bertz CT molecular complexity index is 753. The molecule has 1 heterocycles. The molecular weight excluding hydrogens is 352 g/mol. The van der Waals surface area contributed by atoms with E-state index in [1.807, 2.05) is 0 Å². The molecule has 2 rings (SSSR count). The highest BCUT2D eigenvalue weighted by atomic mass is 35.5. The second-order valence-electron chi connectivity index (χ2n) is 5.57. The van der Waals surface area contributed by atoms with Gasteiger partial charge in [0.25, 0.3) is 11.8 Å². The number of amides is 4. The normalized spacial score (nSPS) is 19.6. The lowest BCUT2D eigenvalue weighted by molar-refractivity contribution is -0.139. The number of nitrogen functional groups attached to an aromatic ring is 1. The zero-order valence-corrected chi connectivity index (χ0v) is 14.3. The van der Waals surface area contributed by atoms with Crippen molar-refractivity contribution in [2.45, 2.75) is 25.8 Å². The Kier molecular flexibility index (Phi) is 5.17. The number of hydrogen-bond acceptors (Lipinski definition) is 6. The number of rotatable bonds is 5. The van der Waals surface area contributed by atoms with Gasteiger partial charge in [-0.25, -0.2) is 9.59 Å². The molecule has 1 saturated heterocycles. The van der Waals surface area contributed by atoms with Crippen LogP contribution in [-0.2, 0) is 14.3 Å². The summed E-state index contributed by atoms with van der Waals surface area (Å²) in [5, 5.41) is 3.21. The third kappa shape index (κ3) is 3.66. The number of ether oxygens (including phenoxy) is 1. The molecule has 0 aromatic heterocycles. The highest BCUT2D eigenvalue weighted by Crippen LogP contribution is 2.23. The van der Waals surface area contributed by atoms with Crippen molar-refractivity contribution in [3.8, 4) is 0 Å². The van der Waals surface area contributed by atoms with E-state index in [4.69, 9.17) is 22.1 Å². The molecule has 0 bridgehead atoms. The van der Waals surface area contributed by atoms with Crippen molar-refractivity contribution < 1.29 is 23.9 Å². The maximum Gasteiger partial charge on any atom is 0.344 e.